The van der Waals surface area contributed by atoms with Gasteiger partial charge >= 0.3 is 0 Å². The van der Waals surface area contributed by atoms with Gasteiger partial charge in [0, 0.05) is 12.6 Å². The third kappa shape index (κ3) is 1.60. The summed E-state index contributed by atoms with van der Waals surface area (Å²) in [6, 6.07) is 4.55. The molecule has 0 radical (unpaired) electrons. The maximum absolute atomic E-state index is 12.8. The molecule has 1 aromatic heterocycles. The lowest BCUT2D eigenvalue weighted by molar-refractivity contribution is 0.483. The zero-order valence-corrected chi connectivity index (χ0v) is 8.24. The Labute approximate surface area is 81.5 Å². The Balaban J connectivity index is 2.47. The SMILES string of the molecule is CC(C)Cn1nnc2cc(F)ccc21. The number of hydrogen-bond donors (Lipinski definition) is 0. The summed E-state index contributed by atoms with van der Waals surface area (Å²) in [5.41, 5.74) is 1.51. The van der Waals surface area contributed by atoms with E-state index in [1.54, 1.807) is 10.7 Å². The predicted octanol–water partition coefficient (Wildman–Crippen LogP) is 2.23. The summed E-state index contributed by atoms with van der Waals surface area (Å²) in [6.45, 7) is 5.02. The Morgan fingerprint density at radius 3 is 2.93 bits per heavy atom. The Bertz CT molecular complexity index is 448. The normalized spacial score (nSPS) is 11.4. The van der Waals surface area contributed by atoms with Crippen molar-refractivity contribution in [1.29, 1.82) is 0 Å². The highest BCUT2D eigenvalue weighted by Crippen LogP contribution is 2.13. The van der Waals surface area contributed by atoms with Gasteiger partial charge in [-0.15, -0.1) is 5.10 Å². The quantitative estimate of drug-likeness (QED) is 0.732. The molecule has 4 heteroatoms. The van der Waals surface area contributed by atoms with E-state index in [0.717, 1.165) is 12.1 Å². The van der Waals surface area contributed by atoms with E-state index in [1.165, 1.54) is 12.1 Å². The van der Waals surface area contributed by atoms with Gasteiger partial charge in [-0.2, -0.15) is 0 Å². The van der Waals surface area contributed by atoms with Crippen LogP contribution in [0.2, 0.25) is 0 Å². The van der Waals surface area contributed by atoms with E-state index in [-0.39, 0.29) is 5.82 Å². The smallest absolute Gasteiger partial charge is 0.125 e. The summed E-state index contributed by atoms with van der Waals surface area (Å²) in [6.07, 6.45) is 0. The van der Waals surface area contributed by atoms with Crippen molar-refractivity contribution in [1.82, 2.24) is 15.0 Å². The van der Waals surface area contributed by atoms with Crippen molar-refractivity contribution in [3.8, 4) is 0 Å². The van der Waals surface area contributed by atoms with Gasteiger partial charge in [-0.1, -0.05) is 19.1 Å². The molecule has 0 unspecified atom stereocenters. The number of hydrogen-bond acceptors (Lipinski definition) is 2. The monoisotopic (exact) mass is 193 g/mol. The zero-order valence-electron chi connectivity index (χ0n) is 8.24. The van der Waals surface area contributed by atoms with E-state index >= 15 is 0 Å². The number of halogens is 1. The second-order valence-electron chi connectivity index (χ2n) is 3.80. The highest BCUT2D eigenvalue weighted by atomic mass is 19.1. The van der Waals surface area contributed by atoms with E-state index in [1.807, 2.05) is 0 Å². The molecule has 0 saturated heterocycles. The lowest BCUT2D eigenvalue weighted by atomic mass is 10.2. The molecule has 0 N–H and O–H groups in total. The fourth-order valence-electron chi connectivity index (χ4n) is 1.43. The van der Waals surface area contributed by atoms with Crippen molar-refractivity contribution in [2.24, 2.45) is 5.92 Å². The van der Waals surface area contributed by atoms with Gasteiger partial charge in [0.25, 0.3) is 0 Å². The van der Waals surface area contributed by atoms with E-state index in [4.69, 9.17) is 0 Å². The minimum Gasteiger partial charge on any atom is -0.244 e. The van der Waals surface area contributed by atoms with Crippen LogP contribution in [0.5, 0.6) is 0 Å². The van der Waals surface area contributed by atoms with Crippen molar-refractivity contribution in [3.63, 3.8) is 0 Å². The van der Waals surface area contributed by atoms with Gasteiger partial charge in [0.2, 0.25) is 0 Å². The predicted molar refractivity (Wildman–Crippen MR) is 52.3 cm³/mol. The summed E-state index contributed by atoms with van der Waals surface area (Å²) >= 11 is 0. The fraction of sp³-hybridized carbons (Fsp3) is 0.400. The van der Waals surface area contributed by atoms with Crippen LogP contribution >= 0.6 is 0 Å². The molecule has 14 heavy (non-hydrogen) atoms. The van der Waals surface area contributed by atoms with Crippen molar-refractivity contribution in [2.75, 3.05) is 0 Å². The molecular weight excluding hydrogens is 181 g/mol. The van der Waals surface area contributed by atoms with Gasteiger partial charge < -0.3 is 0 Å². The third-order valence-electron chi connectivity index (χ3n) is 2.01. The standard InChI is InChI=1S/C10H12FN3/c1-7(2)6-14-10-4-3-8(11)5-9(10)12-13-14/h3-5,7H,6H2,1-2H3. The molecule has 0 aliphatic carbocycles. The molecule has 1 aromatic carbocycles. The van der Waals surface area contributed by atoms with Crippen LogP contribution in [0.4, 0.5) is 4.39 Å². The van der Waals surface area contributed by atoms with Gasteiger partial charge in [0.05, 0.1) is 5.52 Å². The Morgan fingerprint density at radius 1 is 1.43 bits per heavy atom. The number of benzene rings is 1. The molecule has 0 spiro atoms. The maximum Gasteiger partial charge on any atom is 0.125 e. The number of rotatable bonds is 2. The van der Waals surface area contributed by atoms with Crippen LogP contribution in [0, 0.1) is 11.7 Å². The van der Waals surface area contributed by atoms with E-state index < -0.39 is 0 Å². The molecule has 3 nitrogen and oxygen atoms in total. The summed E-state index contributed by atoms with van der Waals surface area (Å²) in [5, 5.41) is 7.88. The topological polar surface area (TPSA) is 30.7 Å². The maximum atomic E-state index is 12.8. The summed E-state index contributed by atoms with van der Waals surface area (Å²) < 4.78 is 14.6. The van der Waals surface area contributed by atoms with Crippen molar-refractivity contribution < 1.29 is 4.39 Å². The van der Waals surface area contributed by atoms with Crippen molar-refractivity contribution in [3.05, 3.63) is 24.0 Å². The minimum atomic E-state index is -0.269. The molecule has 2 rings (SSSR count). The number of nitrogens with zero attached hydrogens (tertiary/aromatic N) is 3. The first-order chi connectivity index (χ1) is 6.66. The lowest BCUT2D eigenvalue weighted by Crippen LogP contribution is -2.05. The van der Waals surface area contributed by atoms with Crippen LogP contribution in [0.3, 0.4) is 0 Å². The molecule has 0 aliphatic heterocycles. The molecule has 0 saturated carbocycles. The second kappa shape index (κ2) is 3.36. The van der Waals surface area contributed by atoms with Crippen LogP contribution in [-0.4, -0.2) is 15.0 Å². The average Bonchev–Trinajstić information content (AvgIpc) is 2.47. The van der Waals surface area contributed by atoms with Crippen LogP contribution < -0.4 is 0 Å². The second-order valence-corrected chi connectivity index (χ2v) is 3.80. The molecule has 74 valence electrons. The van der Waals surface area contributed by atoms with E-state index in [2.05, 4.69) is 24.2 Å². The molecule has 0 amide bonds. The van der Waals surface area contributed by atoms with Gasteiger partial charge in [-0.3, -0.25) is 0 Å². The highest BCUT2D eigenvalue weighted by molar-refractivity contribution is 5.73. The first-order valence-electron chi connectivity index (χ1n) is 4.65. The van der Waals surface area contributed by atoms with E-state index in [9.17, 15) is 4.39 Å². The van der Waals surface area contributed by atoms with Gasteiger partial charge in [0.1, 0.15) is 11.3 Å². The van der Waals surface area contributed by atoms with Gasteiger partial charge in [-0.05, 0) is 18.1 Å². The number of aromatic nitrogens is 3. The molecule has 0 atom stereocenters. The molecule has 1 heterocycles. The largest absolute Gasteiger partial charge is 0.244 e. The zero-order chi connectivity index (χ0) is 10.1. The van der Waals surface area contributed by atoms with Crippen molar-refractivity contribution >= 4 is 11.0 Å². The summed E-state index contributed by atoms with van der Waals surface area (Å²) in [4.78, 5) is 0. The lowest BCUT2D eigenvalue weighted by Gasteiger charge is -2.04. The molecule has 0 bridgehead atoms. The van der Waals surface area contributed by atoms with Crippen LogP contribution in [0.15, 0.2) is 18.2 Å². The van der Waals surface area contributed by atoms with Gasteiger partial charge in [0.15, 0.2) is 0 Å². The Kier molecular flexibility index (Phi) is 2.19. The minimum absolute atomic E-state index is 0.269. The first kappa shape index (κ1) is 9.12. The van der Waals surface area contributed by atoms with Crippen LogP contribution in [0.1, 0.15) is 13.8 Å². The Morgan fingerprint density at radius 2 is 2.21 bits per heavy atom. The molecule has 0 aliphatic rings. The highest BCUT2D eigenvalue weighted by Gasteiger charge is 2.06. The van der Waals surface area contributed by atoms with Crippen molar-refractivity contribution in [2.45, 2.75) is 20.4 Å². The molecular formula is C10H12FN3. The van der Waals surface area contributed by atoms with Crippen LogP contribution in [-0.2, 0) is 6.54 Å². The average molecular weight is 193 g/mol. The first-order valence-corrected chi connectivity index (χ1v) is 4.65. The molecule has 0 fully saturated rings. The number of fused-ring (bicyclic) bond motifs is 1. The fourth-order valence-corrected chi connectivity index (χ4v) is 1.43. The van der Waals surface area contributed by atoms with Gasteiger partial charge in [-0.25, -0.2) is 9.07 Å². The summed E-state index contributed by atoms with van der Waals surface area (Å²) in [7, 11) is 0. The Hall–Kier alpha value is -1.45. The molecule has 2 aromatic rings. The summed E-state index contributed by atoms with van der Waals surface area (Å²) in [5.74, 6) is 0.235. The third-order valence-corrected chi connectivity index (χ3v) is 2.01. The van der Waals surface area contributed by atoms with Crippen LogP contribution in [0.25, 0.3) is 11.0 Å². The van der Waals surface area contributed by atoms with E-state index in [0.29, 0.717) is 11.4 Å².